The molecule has 0 aliphatic carbocycles. The zero-order valence-electron chi connectivity index (χ0n) is 9.42. The first kappa shape index (κ1) is 13.2. The number of hydrogen-bond acceptors (Lipinski definition) is 2. The SMILES string of the molecule is C=CCCCCC[C@H](CC)C(=O)OC. The highest BCUT2D eigenvalue weighted by Gasteiger charge is 2.15. The topological polar surface area (TPSA) is 26.3 Å². The summed E-state index contributed by atoms with van der Waals surface area (Å²) in [6.45, 7) is 5.71. The van der Waals surface area contributed by atoms with Gasteiger partial charge in [0, 0.05) is 0 Å². The molecule has 0 radical (unpaired) electrons. The van der Waals surface area contributed by atoms with Gasteiger partial charge < -0.3 is 4.74 Å². The Morgan fingerprint density at radius 2 is 2.14 bits per heavy atom. The Balaban J connectivity index is 3.52. The molecule has 0 aromatic carbocycles. The lowest BCUT2D eigenvalue weighted by atomic mass is 9.98. The van der Waals surface area contributed by atoms with E-state index in [0.717, 1.165) is 25.7 Å². The quantitative estimate of drug-likeness (QED) is 0.340. The van der Waals surface area contributed by atoms with Gasteiger partial charge in [-0.15, -0.1) is 6.58 Å². The van der Waals surface area contributed by atoms with Crippen molar-refractivity contribution >= 4 is 5.97 Å². The first-order chi connectivity index (χ1) is 6.76. The maximum Gasteiger partial charge on any atom is 0.308 e. The van der Waals surface area contributed by atoms with E-state index in [4.69, 9.17) is 4.74 Å². The number of allylic oxidation sites excluding steroid dienone is 1. The van der Waals surface area contributed by atoms with E-state index in [2.05, 4.69) is 6.58 Å². The first-order valence-corrected chi connectivity index (χ1v) is 5.45. The summed E-state index contributed by atoms with van der Waals surface area (Å²) < 4.78 is 4.73. The van der Waals surface area contributed by atoms with Gasteiger partial charge in [0.05, 0.1) is 13.0 Å². The molecular weight excluding hydrogens is 176 g/mol. The molecule has 0 aliphatic heterocycles. The molecule has 0 aliphatic rings. The minimum atomic E-state index is -0.0591. The van der Waals surface area contributed by atoms with Crippen molar-refractivity contribution in [2.24, 2.45) is 5.92 Å². The highest BCUT2D eigenvalue weighted by molar-refractivity contribution is 5.72. The van der Waals surface area contributed by atoms with Crippen LogP contribution in [0.15, 0.2) is 12.7 Å². The van der Waals surface area contributed by atoms with Gasteiger partial charge in [-0.2, -0.15) is 0 Å². The van der Waals surface area contributed by atoms with Gasteiger partial charge in [0.15, 0.2) is 0 Å². The van der Waals surface area contributed by atoms with E-state index >= 15 is 0 Å². The van der Waals surface area contributed by atoms with Crippen LogP contribution in [0, 0.1) is 5.92 Å². The average molecular weight is 198 g/mol. The van der Waals surface area contributed by atoms with Crippen molar-refractivity contribution in [1.29, 1.82) is 0 Å². The molecule has 0 saturated carbocycles. The molecule has 2 nitrogen and oxygen atoms in total. The summed E-state index contributed by atoms with van der Waals surface area (Å²) >= 11 is 0. The predicted molar refractivity (Wildman–Crippen MR) is 59.1 cm³/mol. The van der Waals surface area contributed by atoms with E-state index in [1.54, 1.807) is 0 Å². The molecule has 2 heteroatoms. The Labute approximate surface area is 87.3 Å². The summed E-state index contributed by atoms with van der Waals surface area (Å²) in [7, 11) is 1.46. The summed E-state index contributed by atoms with van der Waals surface area (Å²) in [5.41, 5.74) is 0. The maximum absolute atomic E-state index is 11.2. The van der Waals surface area contributed by atoms with Crippen molar-refractivity contribution in [1.82, 2.24) is 0 Å². The van der Waals surface area contributed by atoms with Crippen LogP contribution in [0.2, 0.25) is 0 Å². The number of methoxy groups -OCH3 is 1. The largest absolute Gasteiger partial charge is 0.469 e. The van der Waals surface area contributed by atoms with Crippen molar-refractivity contribution in [3.63, 3.8) is 0 Å². The van der Waals surface area contributed by atoms with Gasteiger partial charge in [-0.05, 0) is 25.7 Å². The van der Waals surface area contributed by atoms with Crippen LogP contribution in [0.4, 0.5) is 0 Å². The fourth-order valence-corrected chi connectivity index (χ4v) is 1.51. The fraction of sp³-hybridized carbons (Fsp3) is 0.750. The Morgan fingerprint density at radius 3 is 2.64 bits per heavy atom. The summed E-state index contributed by atoms with van der Waals surface area (Å²) in [4.78, 5) is 11.2. The van der Waals surface area contributed by atoms with Crippen LogP contribution in [0.5, 0.6) is 0 Å². The van der Waals surface area contributed by atoms with E-state index in [1.165, 1.54) is 20.0 Å². The normalized spacial score (nSPS) is 12.1. The smallest absolute Gasteiger partial charge is 0.308 e. The molecule has 1 atom stereocenters. The second-order valence-electron chi connectivity index (χ2n) is 3.56. The molecule has 0 aromatic rings. The van der Waals surface area contributed by atoms with Crippen LogP contribution < -0.4 is 0 Å². The molecular formula is C12H22O2. The molecule has 0 N–H and O–H groups in total. The molecule has 0 rings (SSSR count). The van der Waals surface area contributed by atoms with E-state index in [0.29, 0.717) is 0 Å². The number of carbonyl (C=O) groups is 1. The van der Waals surface area contributed by atoms with Crippen molar-refractivity contribution in [3.05, 3.63) is 12.7 Å². The molecule has 0 amide bonds. The molecule has 0 heterocycles. The van der Waals surface area contributed by atoms with Gasteiger partial charge in [-0.3, -0.25) is 4.79 Å². The number of carbonyl (C=O) groups excluding carboxylic acids is 1. The zero-order chi connectivity index (χ0) is 10.8. The monoisotopic (exact) mass is 198 g/mol. The third-order valence-corrected chi connectivity index (χ3v) is 2.49. The third-order valence-electron chi connectivity index (χ3n) is 2.49. The minimum Gasteiger partial charge on any atom is -0.469 e. The number of ether oxygens (including phenoxy) is 1. The van der Waals surface area contributed by atoms with Gasteiger partial charge in [0.25, 0.3) is 0 Å². The predicted octanol–water partition coefficient (Wildman–Crippen LogP) is 3.32. The lowest BCUT2D eigenvalue weighted by Gasteiger charge is -2.11. The van der Waals surface area contributed by atoms with Crippen LogP contribution in [0.25, 0.3) is 0 Å². The van der Waals surface area contributed by atoms with Crippen molar-refractivity contribution in [2.45, 2.75) is 45.4 Å². The molecule has 0 aromatic heterocycles. The van der Waals surface area contributed by atoms with E-state index in [1.807, 2.05) is 13.0 Å². The van der Waals surface area contributed by atoms with Gasteiger partial charge in [-0.25, -0.2) is 0 Å². The first-order valence-electron chi connectivity index (χ1n) is 5.45. The number of rotatable bonds is 8. The molecule has 0 saturated heterocycles. The molecule has 0 spiro atoms. The van der Waals surface area contributed by atoms with Gasteiger partial charge in [0.2, 0.25) is 0 Å². The van der Waals surface area contributed by atoms with Crippen molar-refractivity contribution < 1.29 is 9.53 Å². The Kier molecular flexibility index (Phi) is 8.30. The van der Waals surface area contributed by atoms with Crippen LogP contribution >= 0.6 is 0 Å². The molecule has 14 heavy (non-hydrogen) atoms. The van der Waals surface area contributed by atoms with E-state index < -0.39 is 0 Å². The van der Waals surface area contributed by atoms with Gasteiger partial charge >= 0.3 is 5.97 Å². The van der Waals surface area contributed by atoms with Crippen molar-refractivity contribution in [3.8, 4) is 0 Å². The molecule has 0 fully saturated rings. The fourth-order valence-electron chi connectivity index (χ4n) is 1.51. The summed E-state index contributed by atoms with van der Waals surface area (Å²) in [5, 5.41) is 0. The Hall–Kier alpha value is -0.790. The molecule has 0 unspecified atom stereocenters. The minimum absolute atomic E-state index is 0.0591. The lowest BCUT2D eigenvalue weighted by Crippen LogP contribution is -2.15. The molecule has 82 valence electrons. The number of unbranched alkanes of at least 4 members (excludes halogenated alkanes) is 3. The summed E-state index contributed by atoms with van der Waals surface area (Å²) in [6.07, 6.45) is 8.34. The summed E-state index contributed by atoms with van der Waals surface area (Å²) in [6, 6.07) is 0. The van der Waals surface area contributed by atoms with Crippen molar-refractivity contribution in [2.75, 3.05) is 7.11 Å². The van der Waals surface area contributed by atoms with Gasteiger partial charge in [0.1, 0.15) is 0 Å². The zero-order valence-corrected chi connectivity index (χ0v) is 9.42. The average Bonchev–Trinajstić information content (AvgIpc) is 2.22. The van der Waals surface area contributed by atoms with Gasteiger partial charge in [-0.1, -0.05) is 25.8 Å². The highest BCUT2D eigenvalue weighted by atomic mass is 16.5. The van der Waals surface area contributed by atoms with Crippen LogP contribution in [-0.4, -0.2) is 13.1 Å². The second-order valence-corrected chi connectivity index (χ2v) is 3.56. The van der Waals surface area contributed by atoms with Crippen LogP contribution in [-0.2, 0) is 9.53 Å². The van der Waals surface area contributed by atoms with Crippen LogP contribution in [0.3, 0.4) is 0 Å². The Morgan fingerprint density at radius 1 is 1.43 bits per heavy atom. The second kappa shape index (κ2) is 8.79. The third kappa shape index (κ3) is 5.79. The van der Waals surface area contributed by atoms with Crippen LogP contribution in [0.1, 0.15) is 45.4 Å². The number of esters is 1. The number of hydrogen-bond donors (Lipinski definition) is 0. The standard InChI is InChI=1S/C12H22O2/c1-4-6-7-8-9-10-11(5-2)12(13)14-3/h4,11H,1,5-10H2,2-3H3/t11-/m0/s1. The lowest BCUT2D eigenvalue weighted by molar-refractivity contribution is -0.145. The van der Waals surface area contributed by atoms with E-state index in [-0.39, 0.29) is 11.9 Å². The van der Waals surface area contributed by atoms with E-state index in [9.17, 15) is 4.79 Å². The highest BCUT2D eigenvalue weighted by Crippen LogP contribution is 2.15. The molecule has 0 bridgehead atoms. The maximum atomic E-state index is 11.2. The summed E-state index contributed by atoms with van der Waals surface area (Å²) in [5.74, 6) is 0.0416. The Bertz CT molecular complexity index is 164.